The highest BCUT2D eigenvalue weighted by molar-refractivity contribution is 4.52. The zero-order valence-corrected chi connectivity index (χ0v) is 14.6. The molecule has 0 amide bonds. The molecule has 0 aromatic carbocycles. The quantitative estimate of drug-likeness (QED) is 0.195. The number of unbranched alkanes of at least 4 members (excludes halogenated alkanes) is 7. The molecule has 6 heteroatoms. The van der Waals surface area contributed by atoms with Crippen LogP contribution in [0, 0.1) is 5.21 Å². The molecule has 0 rings (SSSR count). The highest BCUT2D eigenvalue weighted by Crippen LogP contribution is 2.05. The Balaban J connectivity index is 3.55. The second-order valence-corrected chi connectivity index (χ2v) is 5.87. The van der Waals surface area contributed by atoms with Crippen molar-refractivity contribution < 1.29 is 10.2 Å². The van der Waals surface area contributed by atoms with E-state index in [1.807, 2.05) is 0 Å². The smallest absolute Gasteiger partial charge is 0.230 e. The second kappa shape index (κ2) is 16.3. The van der Waals surface area contributed by atoms with E-state index in [9.17, 15) is 5.21 Å². The van der Waals surface area contributed by atoms with Crippen LogP contribution in [-0.2, 0) is 0 Å². The Labute approximate surface area is 136 Å². The van der Waals surface area contributed by atoms with Gasteiger partial charge in [-0.2, -0.15) is 0 Å². The molecule has 0 radical (unpaired) electrons. The Bertz CT molecular complexity index is 263. The van der Waals surface area contributed by atoms with E-state index in [1.54, 1.807) is 5.01 Å². The number of hydrogen-bond donors (Lipinski definition) is 2. The maximum Gasteiger partial charge on any atom is 0.230 e. The van der Waals surface area contributed by atoms with Crippen LogP contribution in [0.15, 0.2) is 5.28 Å². The van der Waals surface area contributed by atoms with Gasteiger partial charge in [-0.05, 0) is 38.8 Å². The van der Waals surface area contributed by atoms with Gasteiger partial charge in [-0.15, -0.1) is 5.01 Å². The standard InChI is InChI=1S/C16H36N4O2/c1-3-5-9-13-17-14-10-7-8-12-16-19(20(22)18-21)15-11-6-4-2/h17,21H,3-16H2,1-2H3/b20-18-. The summed E-state index contributed by atoms with van der Waals surface area (Å²) in [4.78, 5) is 0.324. The lowest BCUT2D eigenvalue weighted by atomic mass is 10.2. The Hall–Kier alpha value is -1.04. The van der Waals surface area contributed by atoms with Gasteiger partial charge >= 0.3 is 0 Å². The average molecular weight is 316 g/mol. The topological polar surface area (TPSA) is 73.9 Å². The molecule has 22 heavy (non-hydrogen) atoms. The summed E-state index contributed by atoms with van der Waals surface area (Å²) in [6, 6.07) is 0. The zero-order chi connectivity index (χ0) is 16.5. The fourth-order valence-electron chi connectivity index (χ4n) is 2.41. The highest BCUT2D eigenvalue weighted by atomic mass is 16.6. The van der Waals surface area contributed by atoms with Gasteiger partial charge in [0.05, 0.1) is 18.1 Å². The minimum Gasteiger partial charge on any atom is -0.569 e. The molecule has 0 fully saturated rings. The van der Waals surface area contributed by atoms with Crippen molar-refractivity contribution in [1.29, 1.82) is 0 Å². The third-order valence-corrected chi connectivity index (χ3v) is 3.82. The van der Waals surface area contributed by atoms with Crippen molar-refractivity contribution in [2.24, 2.45) is 5.28 Å². The number of hydrogen-bond acceptors (Lipinski definition) is 3. The first-order valence-corrected chi connectivity index (χ1v) is 9.04. The lowest BCUT2D eigenvalue weighted by molar-refractivity contribution is -0.709. The maximum atomic E-state index is 11.4. The Morgan fingerprint density at radius 3 is 1.95 bits per heavy atom. The van der Waals surface area contributed by atoms with E-state index in [-0.39, 0.29) is 0 Å². The van der Waals surface area contributed by atoms with Crippen LogP contribution in [-0.4, -0.2) is 41.4 Å². The minimum atomic E-state index is 0.324. The van der Waals surface area contributed by atoms with Crippen LogP contribution in [0.4, 0.5) is 0 Å². The van der Waals surface area contributed by atoms with E-state index < -0.39 is 0 Å². The number of rotatable bonds is 16. The van der Waals surface area contributed by atoms with Crippen molar-refractivity contribution in [3.63, 3.8) is 0 Å². The zero-order valence-electron chi connectivity index (χ0n) is 14.6. The van der Waals surface area contributed by atoms with Crippen molar-refractivity contribution >= 4 is 0 Å². The molecule has 0 atom stereocenters. The van der Waals surface area contributed by atoms with Crippen LogP contribution < -0.4 is 5.32 Å². The van der Waals surface area contributed by atoms with Gasteiger partial charge in [-0.3, -0.25) is 0 Å². The fourth-order valence-corrected chi connectivity index (χ4v) is 2.41. The number of nitrogens with one attached hydrogen (secondary N) is 1. The summed E-state index contributed by atoms with van der Waals surface area (Å²) in [7, 11) is 0. The summed E-state index contributed by atoms with van der Waals surface area (Å²) in [5, 5.41) is 27.8. The predicted molar refractivity (Wildman–Crippen MR) is 89.8 cm³/mol. The van der Waals surface area contributed by atoms with Crippen LogP contribution in [0.25, 0.3) is 0 Å². The summed E-state index contributed by atoms with van der Waals surface area (Å²) in [5.41, 5.74) is 0. The van der Waals surface area contributed by atoms with Crippen LogP contribution >= 0.6 is 0 Å². The van der Waals surface area contributed by atoms with E-state index in [4.69, 9.17) is 5.21 Å². The number of hydrazine groups is 1. The van der Waals surface area contributed by atoms with Gasteiger partial charge < -0.3 is 15.7 Å². The van der Waals surface area contributed by atoms with Gasteiger partial charge in [-0.25, -0.2) is 0 Å². The molecule has 0 aliphatic heterocycles. The van der Waals surface area contributed by atoms with Gasteiger partial charge in [0.2, 0.25) is 5.28 Å². The average Bonchev–Trinajstić information content (AvgIpc) is 2.54. The van der Waals surface area contributed by atoms with Gasteiger partial charge in [0.15, 0.2) is 0 Å². The molecule has 0 aromatic heterocycles. The lowest BCUT2D eigenvalue weighted by Gasteiger charge is -2.17. The largest absolute Gasteiger partial charge is 0.569 e. The van der Waals surface area contributed by atoms with Crippen molar-refractivity contribution in [3.05, 3.63) is 5.21 Å². The van der Waals surface area contributed by atoms with Crippen LogP contribution in [0.3, 0.4) is 0 Å². The Kier molecular flexibility index (Phi) is 15.6. The Morgan fingerprint density at radius 2 is 1.36 bits per heavy atom. The minimum absolute atomic E-state index is 0.324. The molecule has 0 aliphatic rings. The van der Waals surface area contributed by atoms with Crippen molar-refractivity contribution in [2.75, 3.05) is 26.2 Å². The molecule has 0 bridgehead atoms. The van der Waals surface area contributed by atoms with E-state index in [0.29, 0.717) is 18.1 Å². The summed E-state index contributed by atoms with van der Waals surface area (Å²) in [5.74, 6) is 0. The van der Waals surface area contributed by atoms with Crippen LogP contribution in [0.1, 0.15) is 78.1 Å². The van der Waals surface area contributed by atoms with Crippen LogP contribution in [0.5, 0.6) is 0 Å². The second-order valence-electron chi connectivity index (χ2n) is 5.87. The highest BCUT2D eigenvalue weighted by Gasteiger charge is 2.11. The van der Waals surface area contributed by atoms with E-state index in [0.717, 1.165) is 45.2 Å². The first kappa shape index (κ1) is 21.0. The summed E-state index contributed by atoms with van der Waals surface area (Å²) < 4.78 is 0. The van der Waals surface area contributed by atoms with Crippen molar-refractivity contribution in [3.8, 4) is 0 Å². The molecule has 6 nitrogen and oxygen atoms in total. The Morgan fingerprint density at radius 1 is 0.864 bits per heavy atom. The summed E-state index contributed by atoms with van der Waals surface area (Å²) >= 11 is 0. The van der Waals surface area contributed by atoms with Crippen molar-refractivity contribution in [1.82, 2.24) is 10.3 Å². The molecule has 0 saturated heterocycles. The molecule has 132 valence electrons. The van der Waals surface area contributed by atoms with Crippen molar-refractivity contribution in [2.45, 2.75) is 78.1 Å². The molecular weight excluding hydrogens is 280 g/mol. The SMILES string of the molecule is CCCCCNCCCCCCN(CCCCC)/[N+]([O-])=N/O. The molecule has 0 aliphatic carbocycles. The van der Waals surface area contributed by atoms with Gasteiger partial charge in [0, 0.05) is 0 Å². The normalized spacial score (nSPS) is 11.8. The summed E-state index contributed by atoms with van der Waals surface area (Å²) in [6.45, 7) is 7.90. The fraction of sp³-hybridized carbons (Fsp3) is 1.00. The molecule has 0 heterocycles. The molecule has 0 saturated carbocycles. The molecule has 0 spiro atoms. The third-order valence-electron chi connectivity index (χ3n) is 3.82. The van der Waals surface area contributed by atoms with Gasteiger partial charge in [-0.1, -0.05) is 52.4 Å². The molecular formula is C16H36N4O2. The molecule has 2 N–H and O–H groups in total. The maximum absolute atomic E-state index is 11.4. The van der Waals surface area contributed by atoms with Gasteiger partial charge in [0.1, 0.15) is 0 Å². The third kappa shape index (κ3) is 12.7. The predicted octanol–water partition coefficient (Wildman–Crippen LogP) is 4.09. The van der Waals surface area contributed by atoms with E-state index >= 15 is 0 Å². The van der Waals surface area contributed by atoms with E-state index in [1.165, 1.54) is 32.1 Å². The first-order valence-electron chi connectivity index (χ1n) is 9.04. The summed E-state index contributed by atoms with van der Waals surface area (Å²) in [6.07, 6.45) is 11.5. The first-order chi connectivity index (χ1) is 10.8. The monoisotopic (exact) mass is 316 g/mol. The molecule has 0 aromatic rings. The molecule has 0 unspecified atom stereocenters. The van der Waals surface area contributed by atoms with Gasteiger partial charge in [0.25, 0.3) is 0 Å². The van der Waals surface area contributed by atoms with E-state index in [2.05, 4.69) is 24.4 Å². The lowest BCUT2D eigenvalue weighted by Crippen LogP contribution is -2.32. The number of nitrogens with zero attached hydrogens (tertiary/aromatic N) is 3. The van der Waals surface area contributed by atoms with Crippen LogP contribution in [0.2, 0.25) is 0 Å².